The van der Waals surface area contributed by atoms with Gasteiger partial charge in [0.15, 0.2) is 6.61 Å². The minimum atomic E-state index is -0.493. The zero-order chi connectivity index (χ0) is 19.1. The highest BCUT2D eigenvalue weighted by Crippen LogP contribution is 2.25. The summed E-state index contributed by atoms with van der Waals surface area (Å²) in [5.41, 5.74) is 4.56. The van der Waals surface area contributed by atoms with Crippen LogP contribution in [-0.4, -0.2) is 24.2 Å². The third kappa shape index (κ3) is 5.21. The predicted octanol–water partition coefficient (Wildman–Crippen LogP) is 3.30. The summed E-state index contributed by atoms with van der Waals surface area (Å²) in [5, 5.41) is 1.91. The Balaban J connectivity index is 1.44. The van der Waals surface area contributed by atoms with Crippen LogP contribution in [0.1, 0.15) is 0 Å². The Morgan fingerprint density at radius 1 is 0.889 bits per heavy atom. The Kier molecular flexibility index (Phi) is 6.27. The van der Waals surface area contributed by atoms with Crippen molar-refractivity contribution in [1.82, 2.24) is 10.9 Å². The van der Waals surface area contributed by atoms with E-state index in [-0.39, 0.29) is 18.2 Å². The molecule has 138 valence electrons. The summed E-state index contributed by atoms with van der Waals surface area (Å²) in [4.78, 5) is 24.0. The Morgan fingerprint density at radius 2 is 1.59 bits per heavy atom. The molecule has 0 spiro atoms. The smallest absolute Gasteiger partial charge is 0.276 e. The second-order valence-electron chi connectivity index (χ2n) is 5.58. The number of thioether (sulfide) groups is 1. The van der Waals surface area contributed by atoms with Crippen molar-refractivity contribution in [3.8, 4) is 5.75 Å². The molecule has 3 aromatic rings. The molecule has 0 bridgehead atoms. The van der Waals surface area contributed by atoms with Crippen molar-refractivity contribution in [1.29, 1.82) is 0 Å². The Labute approximate surface area is 159 Å². The molecule has 0 saturated heterocycles. The zero-order valence-electron chi connectivity index (χ0n) is 14.3. The highest BCUT2D eigenvalue weighted by atomic mass is 32.2. The molecule has 0 radical (unpaired) electrons. The van der Waals surface area contributed by atoms with Crippen molar-refractivity contribution in [3.05, 3.63) is 72.5 Å². The first-order valence-corrected chi connectivity index (χ1v) is 9.17. The molecule has 0 unspecified atom stereocenters. The fourth-order valence-electron chi connectivity index (χ4n) is 2.38. The molecule has 0 aromatic heterocycles. The number of fused-ring (bicyclic) bond motifs is 1. The number of hydrogen-bond acceptors (Lipinski definition) is 4. The lowest BCUT2D eigenvalue weighted by atomic mass is 10.1. The fraction of sp³-hybridized carbons (Fsp3) is 0.100. The number of benzene rings is 3. The number of halogens is 1. The van der Waals surface area contributed by atoms with Gasteiger partial charge in [-0.25, -0.2) is 4.39 Å². The van der Waals surface area contributed by atoms with E-state index in [1.807, 2.05) is 36.4 Å². The average molecular weight is 384 g/mol. The maximum absolute atomic E-state index is 13.5. The van der Waals surface area contributed by atoms with Gasteiger partial charge in [0.25, 0.3) is 5.91 Å². The first kappa shape index (κ1) is 18.7. The summed E-state index contributed by atoms with van der Waals surface area (Å²) in [5.74, 6) is -0.757. The van der Waals surface area contributed by atoms with Gasteiger partial charge in [0.05, 0.1) is 5.75 Å². The normalized spacial score (nSPS) is 10.4. The van der Waals surface area contributed by atoms with Gasteiger partial charge in [-0.3, -0.25) is 20.4 Å². The Bertz CT molecular complexity index is 959. The predicted molar refractivity (Wildman–Crippen MR) is 103 cm³/mol. The second-order valence-corrected chi connectivity index (χ2v) is 6.60. The summed E-state index contributed by atoms with van der Waals surface area (Å²) in [7, 11) is 0. The van der Waals surface area contributed by atoms with Crippen LogP contribution in [0.25, 0.3) is 10.8 Å². The van der Waals surface area contributed by atoms with Crippen molar-refractivity contribution >= 4 is 34.3 Å². The lowest BCUT2D eigenvalue weighted by molar-refractivity contribution is -0.128. The van der Waals surface area contributed by atoms with E-state index in [1.165, 1.54) is 6.07 Å². The number of carbonyl (C=O) groups excluding carboxylic acids is 2. The summed E-state index contributed by atoms with van der Waals surface area (Å²) < 4.78 is 19.0. The molecule has 3 rings (SSSR count). The van der Waals surface area contributed by atoms with Crippen LogP contribution in [0.4, 0.5) is 4.39 Å². The monoisotopic (exact) mass is 384 g/mol. The lowest BCUT2D eigenvalue weighted by Gasteiger charge is -2.10. The number of hydrogen-bond donors (Lipinski definition) is 2. The molecular formula is C20H17FN2O3S. The number of nitrogens with one attached hydrogen (secondary N) is 2. The number of ether oxygens (including phenoxy) is 1. The highest BCUT2D eigenvalue weighted by Gasteiger charge is 2.09. The zero-order valence-corrected chi connectivity index (χ0v) is 15.1. The lowest BCUT2D eigenvalue weighted by Crippen LogP contribution is -2.44. The van der Waals surface area contributed by atoms with E-state index >= 15 is 0 Å². The first-order chi connectivity index (χ1) is 13.1. The molecule has 0 aliphatic heterocycles. The standard InChI is InChI=1S/C20H17FN2O3S/c21-16-9-3-4-11-18(16)27-13-20(25)23-22-19(24)12-26-17-10-5-7-14-6-1-2-8-15(14)17/h1-11H,12-13H2,(H,22,24)(H,23,25). The van der Waals surface area contributed by atoms with Gasteiger partial charge >= 0.3 is 0 Å². The van der Waals surface area contributed by atoms with E-state index < -0.39 is 11.8 Å². The maximum atomic E-state index is 13.5. The molecule has 0 aliphatic rings. The molecule has 0 saturated carbocycles. The van der Waals surface area contributed by atoms with Crippen LogP contribution in [0.2, 0.25) is 0 Å². The van der Waals surface area contributed by atoms with E-state index in [9.17, 15) is 14.0 Å². The molecule has 2 amide bonds. The summed E-state index contributed by atoms with van der Waals surface area (Å²) in [6.07, 6.45) is 0. The minimum absolute atomic E-state index is 0.0224. The number of rotatable bonds is 6. The maximum Gasteiger partial charge on any atom is 0.276 e. The van der Waals surface area contributed by atoms with E-state index in [2.05, 4.69) is 10.9 Å². The molecular weight excluding hydrogens is 367 g/mol. The van der Waals surface area contributed by atoms with Gasteiger partial charge in [0, 0.05) is 10.3 Å². The van der Waals surface area contributed by atoms with Gasteiger partial charge in [-0.2, -0.15) is 0 Å². The minimum Gasteiger partial charge on any atom is -0.483 e. The van der Waals surface area contributed by atoms with Crippen molar-refractivity contribution in [2.24, 2.45) is 0 Å². The molecule has 0 heterocycles. The van der Waals surface area contributed by atoms with Crippen molar-refractivity contribution in [2.75, 3.05) is 12.4 Å². The number of hydrazine groups is 1. The molecule has 3 aromatic carbocycles. The van der Waals surface area contributed by atoms with Gasteiger partial charge in [-0.05, 0) is 23.6 Å². The van der Waals surface area contributed by atoms with Gasteiger partial charge in [-0.1, -0.05) is 48.5 Å². The molecule has 0 aliphatic carbocycles. The average Bonchev–Trinajstić information content (AvgIpc) is 2.70. The van der Waals surface area contributed by atoms with Crippen LogP contribution in [0.5, 0.6) is 5.75 Å². The van der Waals surface area contributed by atoms with Crippen LogP contribution >= 0.6 is 11.8 Å². The Morgan fingerprint density at radius 3 is 2.44 bits per heavy atom. The van der Waals surface area contributed by atoms with Gasteiger partial charge in [-0.15, -0.1) is 11.8 Å². The SMILES string of the molecule is O=C(COc1cccc2ccccc12)NNC(=O)CSc1ccccc1F. The molecule has 7 heteroatoms. The van der Waals surface area contributed by atoms with E-state index in [0.29, 0.717) is 10.6 Å². The summed E-state index contributed by atoms with van der Waals surface area (Å²) >= 11 is 1.05. The van der Waals surface area contributed by atoms with Crippen molar-refractivity contribution in [2.45, 2.75) is 4.90 Å². The molecule has 5 nitrogen and oxygen atoms in total. The van der Waals surface area contributed by atoms with Crippen molar-refractivity contribution in [3.63, 3.8) is 0 Å². The third-order valence-corrected chi connectivity index (χ3v) is 4.69. The molecule has 2 N–H and O–H groups in total. The molecule has 0 fully saturated rings. The van der Waals surface area contributed by atoms with Crippen LogP contribution in [-0.2, 0) is 9.59 Å². The van der Waals surface area contributed by atoms with Crippen LogP contribution in [0, 0.1) is 5.82 Å². The van der Waals surface area contributed by atoms with Gasteiger partial charge in [0.2, 0.25) is 5.91 Å². The molecule has 27 heavy (non-hydrogen) atoms. The van der Waals surface area contributed by atoms with Gasteiger partial charge in [0.1, 0.15) is 11.6 Å². The summed E-state index contributed by atoms with van der Waals surface area (Å²) in [6.45, 7) is -0.241. The largest absolute Gasteiger partial charge is 0.483 e. The second kappa shape index (κ2) is 9.05. The quantitative estimate of drug-likeness (QED) is 0.506. The van der Waals surface area contributed by atoms with Crippen LogP contribution in [0.3, 0.4) is 0 Å². The first-order valence-electron chi connectivity index (χ1n) is 8.19. The van der Waals surface area contributed by atoms with E-state index in [1.54, 1.807) is 24.3 Å². The fourth-order valence-corrected chi connectivity index (χ4v) is 3.12. The topological polar surface area (TPSA) is 67.4 Å². The number of amides is 2. The highest BCUT2D eigenvalue weighted by molar-refractivity contribution is 8.00. The van der Waals surface area contributed by atoms with Gasteiger partial charge < -0.3 is 4.74 Å². The number of carbonyl (C=O) groups is 2. The Hall–Kier alpha value is -3.06. The van der Waals surface area contributed by atoms with E-state index in [4.69, 9.17) is 4.74 Å². The summed E-state index contributed by atoms with van der Waals surface area (Å²) in [6, 6.07) is 19.4. The molecule has 0 atom stereocenters. The van der Waals surface area contributed by atoms with Crippen LogP contribution in [0.15, 0.2) is 71.6 Å². The third-order valence-electron chi connectivity index (χ3n) is 3.65. The van der Waals surface area contributed by atoms with Crippen molar-refractivity contribution < 1.29 is 18.7 Å². The van der Waals surface area contributed by atoms with Crippen LogP contribution < -0.4 is 15.6 Å². The van der Waals surface area contributed by atoms with E-state index in [0.717, 1.165) is 22.5 Å².